The number of aromatic nitrogens is 2. The molecular weight excluding hydrogens is 144 g/mol. The molecule has 6 heteroatoms. The van der Waals surface area contributed by atoms with Crippen LogP contribution in [0.1, 0.15) is 0 Å². The average Bonchev–Trinajstić information content (AvgIpc) is 2.55. The molecule has 58 valence electrons. The molecule has 2 heterocycles. The van der Waals surface area contributed by atoms with Crippen molar-refractivity contribution in [1.29, 1.82) is 0 Å². The molecule has 6 nitrogen and oxygen atoms in total. The largest absolute Gasteiger partial charge is 0.434 e. The SMILES string of the molecule is CN1N=CN(n2ccnc2)[N-]1. The van der Waals surface area contributed by atoms with E-state index in [1.807, 2.05) is 0 Å². The molecule has 1 aliphatic heterocycles. The Balaban J connectivity index is 2.15. The zero-order valence-corrected chi connectivity index (χ0v) is 5.99. The van der Waals surface area contributed by atoms with Crippen molar-refractivity contribution in [3.63, 3.8) is 0 Å². The highest BCUT2D eigenvalue weighted by Gasteiger charge is 1.96. The number of rotatable bonds is 1. The summed E-state index contributed by atoms with van der Waals surface area (Å²) in [7, 11) is 1.76. The quantitative estimate of drug-likeness (QED) is 0.563. The van der Waals surface area contributed by atoms with Crippen LogP contribution in [0.2, 0.25) is 0 Å². The first-order valence-electron chi connectivity index (χ1n) is 3.13. The Hall–Kier alpha value is -1.56. The first-order valence-corrected chi connectivity index (χ1v) is 3.13. The van der Waals surface area contributed by atoms with Gasteiger partial charge >= 0.3 is 0 Å². The molecule has 11 heavy (non-hydrogen) atoms. The van der Waals surface area contributed by atoms with Gasteiger partial charge in [-0.15, -0.1) is 0 Å². The van der Waals surface area contributed by atoms with Crippen LogP contribution in [0.15, 0.2) is 23.8 Å². The number of imidazole rings is 1. The minimum absolute atomic E-state index is 1.47. The van der Waals surface area contributed by atoms with E-state index in [4.69, 9.17) is 0 Å². The maximum absolute atomic E-state index is 4.00. The van der Waals surface area contributed by atoms with E-state index in [2.05, 4.69) is 15.6 Å². The van der Waals surface area contributed by atoms with Gasteiger partial charge in [0.15, 0.2) is 0 Å². The van der Waals surface area contributed by atoms with Gasteiger partial charge in [-0.25, -0.2) is 4.98 Å². The van der Waals surface area contributed by atoms with Crippen LogP contribution in [0.4, 0.5) is 0 Å². The lowest BCUT2D eigenvalue weighted by atomic mass is 10.9. The van der Waals surface area contributed by atoms with Crippen LogP contribution in [-0.2, 0) is 0 Å². The fourth-order valence-electron chi connectivity index (χ4n) is 0.779. The molecule has 0 N–H and O–H groups in total. The molecular formula is C5H7N6-. The van der Waals surface area contributed by atoms with Gasteiger partial charge in [0, 0.05) is 19.4 Å². The van der Waals surface area contributed by atoms with E-state index in [0.29, 0.717) is 0 Å². The standard InChI is InChI=1S/C5H7N6/c1-9-7-5-11(8-9)10-3-2-6-4-10/h2-5H,1H3/q-1. The van der Waals surface area contributed by atoms with E-state index in [9.17, 15) is 0 Å². The minimum atomic E-state index is 1.47. The number of nitrogens with zero attached hydrogens (tertiary/aromatic N) is 6. The molecule has 0 bridgehead atoms. The summed E-state index contributed by atoms with van der Waals surface area (Å²) in [6, 6.07) is 0. The van der Waals surface area contributed by atoms with Crippen molar-refractivity contribution in [1.82, 2.24) is 14.8 Å². The normalized spacial score (nSPS) is 16.5. The van der Waals surface area contributed by atoms with Crippen molar-refractivity contribution < 1.29 is 0 Å². The second-order valence-corrected chi connectivity index (χ2v) is 2.07. The molecule has 0 amide bonds. The van der Waals surface area contributed by atoms with Crippen molar-refractivity contribution in [3.05, 3.63) is 24.3 Å². The highest BCUT2D eigenvalue weighted by Crippen LogP contribution is 2.06. The number of hydrogen-bond donors (Lipinski definition) is 0. The summed E-state index contributed by atoms with van der Waals surface area (Å²) in [5.41, 5.74) is 4.00. The Kier molecular flexibility index (Phi) is 1.26. The molecule has 2 rings (SSSR count). The van der Waals surface area contributed by atoms with Crippen molar-refractivity contribution in [2.75, 3.05) is 12.2 Å². The summed E-state index contributed by atoms with van der Waals surface area (Å²) >= 11 is 0. The van der Waals surface area contributed by atoms with Crippen LogP contribution >= 0.6 is 0 Å². The molecule has 0 fully saturated rings. The fraction of sp³-hybridized carbons (Fsp3) is 0.200. The lowest BCUT2D eigenvalue weighted by Crippen LogP contribution is -2.25. The Morgan fingerprint density at radius 3 is 2.91 bits per heavy atom. The molecule has 0 aromatic carbocycles. The lowest BCUT2D eigenvalue weighted by molar-refractivity contribution is 0.455. The highest BCUT2D eigenvalue weighted by atomic mass is 16.0. The first kappa shape index (κ1) is 6.17. The molecule has 0 saturated carbocycles. The van der Waals surface area contributed by atoms with Gasteiger partial charge in [-0.1, -0.05) is 0 Å². The molecule has 0 radical (unpaired) electrons. The Bertz CT molecular complexity index is 252. The highest BCUT2D eigenvalue weighted by molar-refractivity contribution is 5.70. The van der Waals surface area contributed by atoms with Gasteiger partial charge in [-0.3, -0.25) is 4.68 Å². The third-order valence-corrected chi connectivity index (χ3v) is 1.27. The molecule has 0 saturated heterocycles. The zero-order valence-electron chi connectivity index (χ0n) is 5.99. The molecule has 0 spiro atoms. The van der Waals surface area contributed by atoms with Gasteiger partial charge < -0.3 is 15.8 Å². The summed E-state index contributed by atoms with van der Waals surface area (Å²) in [5.74, 6) is 0. The van der Waals surface area contributed by atoms with E-state index in [1.54, 1.807) is 41.9 Å². The van der Waals surface area contributed by atoms with Crippen molar-refractivity contribution in [2.24, 2.45) is 5.10 Å². The van der Waals surface area contributed by atoms with E-state index in [0.717, 1.165) is 0 Å². The first-order chi connectivity index (χ1) is 5.36. The van der Waals surface area contributed by atoms with Crippen LogP contribution in [0.5, 0.6) is 0 Å². The smallest absolute Gasteiger partial charge is 0.113 e. The van der Waals surface area contributed by atoms with Gasteiger partial charge in [0.05, 0.1) is 0 Å². The van der Waals surface area contributed by atoms with Crippen LogP contribution in [0, 0.1) is 0 Å². The van der Waals surface area contributed by atoms with Gasteiger partial charge in [-0.05, 0) is 0 Å². The molecule has 1 aromatic heterocycles. The molecule has 0 unspecified atom stereocenters. The third kappa shape index (κ3) is 1.03. The average molecular weight is 151 g/mol. The van der Waals surface area contributed by atoms with Crippen molar-refractivity contribution in [3.8, 4) is 0 Å². The second-order valence-electron chi connectivity index (χ2n) is 2.07. The third-order valence-electron chi connectivity index (χ3n) is 1.27. The van der Waals surface area contributed by atoms with Crippen LogP contribution in [0.3, 0.4) is 0 Å². The Morgan fingerprint density at radius 2 is 2.36 bits per heavy atom. The fourth-order valence-corrected chi connectivity index (χ4v) is 0.779. The molecule has 1 aliphatic rings. The van der Waals surface area contributed by atoms with E-state index in [-0.39, 0.29) is 0 Å². The summed E-state index contributed by atoms with van der Waals surface area (Å²) in [4.78, 5) is 3.87. The maximum Gasteiger partial charge on any atom is 0.113 e. The number of hydrogen-bond acceptors (Lipinski definition) is 4. The molecule has 0 aliphatic carbocycles. The predicted molar refractivity (Wildman–Crippen MR) is 40.1 cm³/mol. The lowest BCUT2D eigenvalue weighted by Gasteiger charge is -2.32. The van der Waals surface area contributed by atoms with E-state index in [1.165, 1.54) is 5.12 Å². The summed E-state index contributed by atoms with van der Waals surface area (Å²) in [5, 5.41) is 6.94. The molecule has 1 aromatic rings. The van der Waals surface area contributed by atoms with Gasteiger partial charge in [0.25, 0.3) is 0 Å². The summed E-state index contributed by atoms with van der Waals surface area (Å²) in [6.45, 7) is 0. The topological polar surface area (TPSA) is 50.8 Å². The van der Waals surface area contributed by atoms with Gasteiger partial charge in [0.2, 0.25) is 0 Å². The van der Waals surface area contributed by atoms with Gasteiger partial charge in [0.1, 0.15) is 12.7 Å². The molecule has 0 atom stereocenters. The minimum Gasteiger partial charge on any atom is -0.434 e. The summed E-state index contributed by atoms with van der Waals surface area (Å²) in [6.07, 6.45) is 6.72. The predicted octanol–water partition coefficient (Wildman–Crippen LogP) is -0.0865. The van der Waals surface area contributed by atoms with Crippen LogP contribution in [0.25, 0.3) is 5.53 Å². The van der Waals surface area contributed by atoms with Crippen LogP contribution < -0.4 is 5.12 Å². The van der Waals surface area contributed by atoms with Crippen molar-refractivity contribution >= 4 is 6.34 Å². The Labute approximate surface area is 63.6 Å². The maximum atomic E-state index is 4.00. The zero-order chi connectivity index (χ0) is 7.68. The Morgan fingerprint density at radius 1 is 1.45 bits per heavy atom. The van der Waals surface area contributed by atoms with E-state index >= 15 is 0 Å². The number of hydrazone groups is 1. The monoisotopic (exact) mass is 151 g/mol. The second kappa shape index (κ2) is 2.24. The van der Waals surface area contributed by atoms with Crippen LogP contribution in [-0.4, -0.2) is 28.2 Å². The summed E-state index contributed by atoms with van der Waals surface area (Å²) < 4.78 is 1.72. The van der Waals surface area contributed by atoms with Gasteiger partial charge in [-0.2, -0.15) is 5.10 Å². The van der Waals surface area contributed by atoms with Crippen molar-refractivity contribution in [2.45, 2.75) is 0 Å². The van der Waals surface area contributed by atoms with E-state index < -0.39 is 0 Å².